The molecule has 0 saturated carbocycles. The van der Waals surface area contributed by atoms with Crippen molar-refractivity contribution in [2.75, 3.05) is 0 Å². The first-order chi connectivity index (χ1) is 11.1. The lowest BCUT2D eigenvalue weighted by Crippen LogP contribution is -2.19. The highest BCUT2D eigenvalue weighted by molar-refractivity contribution is 6.42. The standard InChI is InChI=1S/C18H16Cl2N2O/c1-2-15(10-8-13-6-4-3-5-7-13)21-22-18(23)14-9-11-16(19)17(20)12-14/h3-12H,2H2,1H3,(H,22,23). The van der Waals surface area contributed by atoms with Gasteiger partial charge in [-0.2, -0.15) is 5.10 Å². The first kappa shape index (κ1) is 17.3. The predicted molar refractivity (Wildman–Crippen MR) is 97.1 cm³/mol. The van der Waals surface area contributed by atoms with E-state index in [1.165, 1.54) is 6.07 Å². The van der Waals surface area contributed by atoms with Gasteiger partial charge in [-0.05, 0) is 36.3 Å². The molecule has 0 aromatic heterocycles. The molecule has 0 heterocycles. The Morgan fingerprint density at radius 3 is 2.52 bits per heavy atom. The van der Waals surface area contributed by atoms with Crippen LogP contribution in [0.5, 0.6) is 0 Å². The van der Waals surface area contributed by atoms with Crippen LogP contribution in [0.15, 0.2) is 59.7 Å². The van der Waals surface area contributed by atoms with Crippen molar-refractivity contribution in [3.8, 4) is 0 Å². The second-order valence-corrected chi connectivity index (χ2v) is 5.58. The lowest BCUT2D eigenvalue weighted by molar-refractivity contribution is 0.0955. The number of amides is 1. The third-order valence-corrected chi connectivity index (χ3v) is 3.85. The molecular formula is C18H16Cl2N2O. The Morgan fingerprint density at radius 1 is 1.13 bits per heavy atom. The number of nitrogens with one attached hydrogen (secondary N) is 1. The number of benzene rings is 2. The fourth-order valence-corrected chi connectivity index (χ4v) is 2.11. The molecule has 0 fully saturated rings. The molecule has 0 atom stereocenters. The summed E-state index contributed by atoms with van der Waals surface area (Å²) >= 11 is 11.7. The van der Waals surface area contributed by atoms with Crippen molar-refractivity contribution < 1.29 is 4.79 Å². The number of nitrogens with zero attached hydrogens (tertiary/aromatic N) is 1. The number of hydrogen-bond acceptors (Lipinski definition) is 2. The molecule has 0 aliphatic rings. The summed E-state index contributed by atoms with van der Waals surface area (Å²) in [6.07, 6.45) is 4.53. The van der Waals surface area contributed by atoms with Gasteiger partial charge in [0, 0.05) is 5.56 Å². The Hall–Kier alpha value is -2.10. The number of carbonyl (C=O) groups is 1. The van der Waals surface area contributed by atoms with Crippen LogP contribution < -0.4 is 5.43 Å². The Bertz CT molecular complexity index is 740. The topological polar surface area (TPSA) is 41.5 Å². The van der Waals surface area contributed by atoms with Crippen molar-refractivity contribution in [2.45, 2.75) is 13.3 Å². The van der Waals surface area contributed by atoms with Gasteiger partial charge in [-0.1, -0.05) is 66.5 Å². The van der Waals surface area contributed by atoms with Crippen molar-refractivity contribution >= 4 is 40.9 Å². The van der Waals surface area contributed by atoms with Crippen molar-refractivity contribution in [1.82, 2.24) is 5.43 Å². The summed E-state index contributed by atoms with van der Waals surface area (Å²) in [5.74, 6) is -0.331. The van der Waals surface area contributed by atoms with Crippen molar-refractivity contribution in [1.29, 1.82) is 0 Å². The maximum atomic E-state index is 12.1. The number of rotatable bonds is 5. The van der Waals surface area contributed by atoms with Gasteiger partial charge < -0.3 is 0 Å². The fourth-order valence-electron chi connectivity index (χ4n) is 1.82. The number of carbonyl (C=O) groups excluding carboxylic acids is 1. The summed E-state index contributed by atoms with van der Waals surface area (Å²) in [5.41, 5.74) is 4.78. The van der Waals surface area contributed by atoms with E-state index >= 15 is 0 Å². The van der Waals surface area contributed by atoms with Gasteiger partial charge in [0.1, 0.15) is 0 Å². The van der Waals surface area contributed by atoms with Crippen molar-refractivity contribution in [3.63, 3.8) is 0 Å². The van der Waals surface area contributed by atoms with E-state index in [-0.39, 0.29) is 5.91 Å². The van der Waals surface area contributed by atoms with Crippen LogP contribution >= 0.6 is 23.2 Å². The molecule has 0 aliphatic carbocycles. The third kappa shape index (κ3) is 5.23. The van der Waals surface area contributed by atoms with Gasteiger partial charge in [0.15, 0.2) is 0 Å². The smallest absolute Gasteiger partial charge is 0.267 e. The maximum Gasteiger partial charge on any atom is 0.271 e. The van der Waals surface area contributed by atoms with Crippen LogP contribution in [-0.4, -0.2) is 11.6 Å². The summed E-state index contributed by atoms with van der Waals surface area (Å²) in [6.45, 7) is 1.97. The SMILES string of the molecule is CCC(C=Cc1ccccc1)=NNC(=O)c1ccc(Cl)c(Cl)c1. The zero-order chi connectivity index (χ0) is 16.7. The van der Waals surface area contributed by atoms with Gasteiger partial charge in [0.2, 0.25) is 0 Å². The predicted octanol–water partition coefficient (Wildman–Crippen LogP) is 5.20. The highest BCUT2D eigenvalue weighted by Crippen LogP contribution is 2.22. The summed E-state index contributed by atoms with van der Waals surface area (Å²) in [7, 11) is 0. The van der Waals surface area contributed by atoms with E-state index in [1.54, 1.807) is 12.1 Å². The average molecular weight is 347 g/mol. The minimum atomic E-state index is -0.331. The van der Waals surface area contributed by atoms with E-state index in [1.807, 2.05) is 49.4 Å². The van der Waals surface area contributed by atoms with E-state index in [0.29, 0.717) is 22.0 Å². The molecule has 2 aromatic carbocycles. The van der Waals surface area contributed by atoms with Crippen LogP contribution in [0.4, 0.5) is 0 Å². The van der Waals surface area contributed by atoms with E-state index < -0.39 is 0 Å². The first-order valence-electron chi connectivity index (χ1n) is 7.15. The minimum absolute atomic E-state index is 0.331. The zero-order valence-corrected chi connectivity index (χ0v) is 14.1. The van der Waals surface area contributed by atoms with Crippen LogP contribution in [-0.2, 0) is 0 Å². The quantitative estimate of drug-likeness (QED) is 0.586. The van der Waals surface area contributed by atoms with Crippen molar-refractivity contribution in [2.24, 2.45) is 5.10 Å². The van der Waals surface area contributed by atoms with Crippen LogP contribution in [0.2, 0.25) is 10.0 Å². The van der Waals surface area contributed by atoms with E-state index in [4.69, 9.17) is 23.2 Å². The minimum Gasteiger partial charge on any atom is -0.267 e. The Morgan fingerprint density at radius 2 is 1.87 bits per heavy atom. The molecule has 2 aromatic rings. The molecular weight excluding hydrogens is 331 g/mol. The fraction of sp³-hybridized carbons (Fsp3) is 0.111. The average Bonchev–Trinajstić information content (AvgIpc) is 2.58. The van der Waals surface area contributed by atoms with Gasteiger partial charge in [0.25, 0.3) is 5.91 Å². The monoisotopic (exact) mass is 346 g/mol. The molecule has 3 nitrogen and oxygen atoms in total. The molecule has 5 heteroatoms. The normalized spacial score (nSPS) is 11.7. The van der Waals surface area contributed by atoms with Gasteiger partial charge in [-0.15, -0.1) is 0 Å². The summed E-state index contributed by atoms with van der Waals surface area (Å²) in [6, 6.07) is 14.6. The van der Waals surface area contributed by atoms with Crippen LogP contribution in [0.3, 0.4) is 0 Å². The Kier molecular flexibility index (Phi) is 6.39. The molecule has 2 rings (SSSR count). The molecule has 118 valence electrons. The number of hydrogen-bond donors (Lipinski definition) is 1. The maximum absolute atomic E-state index is 12.1. The lowest BCUT2D eigenvalue weighted by atomic mass is 10.2. The van der Waals surface area contributed by atoms with E-state index in [0.717, 1.165) is 11.3 Å². The molecule has 0 aliphatic heterocycles. The van der Waals surface area contributed by atoms with Gasteiger partial charge in [-0.3, -0.25) is 4.79 Å². The van der Waals surface area contributed by atoms with Crippen molar-refractivity contribution in [3.05, 3.63) is 75.8 Å². The highest BCUT2D eigenvalue weighted by atomic mass is 35.5. The van der Waals surface area contributed by atoms with Crippen LogP contribution in [0, 0.1) is 0 Å². The number of allylic oxidation sites excluding steroid dienone is 1. The van der Waals surface area contributed by atoms with Crippen LogP contribution in [0.1, 0.15) is 29.3 Å². The highest BCUT2D eigenvalue weighted by Gasteiger charge is 2.07. The van der Waals surface area contributed by atoms with Gasteiger partial charge in [-0.25, -0.2) is 5.43 Å². The third-order valence-electron chi connectivity index (χ3n) is 3.11. The molecule has 1 N–H and O–H groups in total. The number of halogens is 2. The largest absolute Gasteiger partial charge is 0.271 e. The Balaban J connectivity index is 2.05. The second kappa shape index (κ2) is 8.51. The molecule has 1 amide bonds. The molecule has 0 unspecified atom stereocenters. The summed E-state index contributed by atoms with van der Waals surface area (Å²) < 4.78 is 0. The second-order valence-electron chi connectivity index (χ2n) is 4.77. The van der Waals surface area contributed by atoms with Crippen LogP contribution in [0.25, 0.3) is 6.08 Å². The summed E-state index contributed by atoms with van der Waals surface area (Å²) in [4.78, 5) is 12.1. The molecule has 23 heavy (non-hydrogen) atoms. The molecule has 0 bridgehead atoms. The molecule has 0 radical (unpaired) electrons. The molecule has 0 saturated heterocycles. The van der Waals surface area contributed by atoms with Gasteiger partial charge in [0.05, 0.1) is 15.8 Å². The van der Waals surface area contributed by atoms with Gasteiger partial charge >= 0.3 is 0 Å². The Labute approximate surface area is 145 Å². The number of hydrazone groups is 1. The van der Waals surface area contributed by atoms with E-state index in [2.05, 4.69) is 10.5 Å². The summed E-state index contributed by atoms with van der Waals surface area (Å²) in [5, 5.41) is 4.89. The first-order valence-corrected chi connectivity index (χ1v) is 7.91. The lowest BCUT2D eigenvalue weighted by Gasteiger charge is -2.03. The molecule has 0 spiro atoms. The van der Waals surface area contributed by atoms with E-state index in [9.17, 15) is 4.79 Å². The zero-order valence-electron chi connectivity index (χ0n) is 12.6.